The molecule has 10 heteroatoms. The molecule has 2 aromatic carbocycles. The van der Waals surface area contributed by atoms with E-state index in [0.29, 0.717) is 36.3 Å². The van der Waals surface area contributed by atoms with E-state index in [2.05, 4.69) is 35.1 Å². The number of nitrogens with zero attached hydrogens (tertiary/aromatic N) is 5. The summed E-state index contributed by atoms with van der Waals surface area (Å²) in [6.45, 7) is 7.99. The quantitative estimate of drug-likeness (QED) is 0.239. The van der Waals surface area contributed by atoms with E-state index in [9.17, 15) is 9.59 Å². The molecule has 5 N–H and O–H groups in total. The molecule has 1 fully saturated rings. The lowest BCUT2D eigenvalue weighted by Crippen LogP contribution is -2.27. The fourth-order valence-electron chi connectivity index (χ4n) is 5.54. The first-order chi connectivity index (χ1) is 18.4. The number of aliphatic imine (C=N–C) groups is 1. The number of hydrogen-bond acceptors (Lipinski definition) is 5. The number of rotatable bonds is 8. The summed E-state index contributed by atoms with van der Waals surface area (Å²) in [7, 11) is 0. The zero-order chi connectivity index (χ0) is 26.8. The third-order valence-electron chi connectivity index (χ3n) is 7.50. The molecule has 1 aromatic heterocycles. The summed E-state index contributed by atoms with van der Waals surface area (Å²) in [5, 5.41) is 3.12. The van der Waals surface area contributed by atoms with Gasteiger partial charge in [-0.05, 0) is 75.9 Å². The van der Waals surface area contributed by atoms with E-state index in [1.54, 1.807) is 0 Å². The van der Waals surface area contributed by atoms with Gasteiger partial charge in [-0.15, -0.1) is 0 Å². The number of imidazole rings is 1. The van der Waals surface area contributed by atoms with Gasteiger partial charge in [0.2, 0.25) is 5.91 Å². The lowest BCUT2D eigenvalue weighted by Gasteiger charge is -2.22. The Balaban J connectivity index is 1.63. The smallest absolute Gasteiger partial charge is 0.253 e. The number of amides is 2. The van der Waals surface area contributed by atoms with Gasteiger partial charge < -0.3 is 31.2 Å². The van der Waals surface area contributed by atoms with Crippen molar-refractivity contribution in [1.82, 2.24) is 14.5 Å². The number of aromatic nitrogens is 2. The highest BCUT2D eigenvalue weighted by Crippen LogP contribution is 2.40. The Bertz CT molecular complexity index is 1380. The number of hydrogen-bond donors (Lipinski definition) is 3. The molecule has 0 radical (unpaired) electrons. The molecule has 0 aliphatic carbocycles. The van der Waals surface area contributed by atoms with Gasteiger partial charge in [0.25, 0.3) is 5.91 Å². The molecule has 1 saturated heterocycles. The fourth-order valence-corrected chi connectivity index (χ4v) is 5.54. The summed E-state index contributed by atoms with van der Waals surface area (Å²) < 4.78 is 2.02. The van der Waals surface area contributed by atoms with Crippen molar-refractivity contribution in [2.24, 2.45) is 16.5 Å². The summed E-state index contributed by atoms with van der Waals surface area (Å²) in [6, 6.07) is 11.2. The minimum atomic E-state index is -0.506. The number of fused-ring (bicyclic) bond motifs is 5. The number of guanidine groups is 1. The number of benzene rings is 2. The first-order valence-corrected chi connectivity index (χ1v) is 13.5. The molecule has 3 heterocycles. The number of nitrogens with one attached hydrogen (secondary N) is 1. The van der Waals surface area contributed by atoms with E-state index in [1.807, 2.05) is 39.8 Å². The number of carbonyl (C=O) groups excluding carboxylic acids is 2. The second-order valence-electron chi connectivity index (χ2n) is 9.86. The monoisotopic (exact) mass is 516 g/mol. The molecule has 2 aliphatic heterocycles. The topological polar surface area (TPSA) is 135 Å². The average molecular weight is 517 g/mol. The zero-order valence-electron chi connectivity index (χ0n) is 22.1. The van der Waals surface area contributed by atoms with Gasteiger partial charge in [-0.3, -0.25) is 14.6 Å². The van der Waals surface area contributed by atoms with Crippen LogP contribution < -0.4 is 21.7 Å². The van der Waals surface area contributed by atoms with Crippen molar-refractivity contribution < 1.29 is 9.59 Å². The second-order valence-corrected chi connectivity index (χ2v) is 9.86. The lowest BCUT2D eigenvalue weighted by molar-refractivity contribution is -0.119. The van der Waals surface area contributed by atoms with Gasteiger partial charge in [0.15, 0.2) is 5.96 Å². The number of likely N-dealkylation sites (tertiary alicyclic amines) is 1. The molecule has 38 heavy (non-hydrogen) atoms. The Labute approximate surface area is 222 Å². The molecule has 0 spiro atoms. The van der Waals surface area contributed by atoms with Crippen LogP contribution in [-0.4, -0.2) is 64.9 Å². The van der Waals surface area contributed by atoms with Crippen molar-refractivity contribution >= 4 is 40.2 Å². The maximum Gasteiger partial charge on any atom is 0.253 e. The summed E-state index contributed by atoms with van der Waals surface area (Å²) >= 11 is 0. The maximum absolute atomic E-state index is 13.6. The van der Waals surface area contributed by atoms with E-state index in [-0.39, 0.29) is 17.8 Å². The van der Waals surface area contributed by atoms with Crippen LogP contribution in [0.1, 0.15) is 55.9 Å². The molecule has 2 aliphatic rings. The molecule has 0 bridgehead atoms. The van der Waals surface area contributed by atoms with E-state index in [4.69, 9.17) is 16.5 Å². The van der Waals surface area contributed by atoms with Crippen molar-refractivity contribution in [2.45, 2.75) is 45.6 Å². The molecule has 200 valence electrons. The van der Waals surface area contributed by atoms with Crippen LogP contribution in [0.25, 0.3) is 22.4 Å². The van der Waals surface area contributed by atoms with Crippen molar-refractivity contribution in [3.05, 3.63) is 42.0 Å². The van der Waals surface area contributed by atoms with E-state index in [0.717, 1.165) is 61.5 Å². The first-order valence-electron chi connectivity index (χ1n) is 13.5. The number of carbonyl (C=O) groups is 2. The van der Waals surface area contributed by atoms with Crippen LogP contribution in [0, 0.1) is 0 Å². The van der Waals surface area contributed by atoms with Crippen LogP contribution in [0.3, 0.4) is 0 Å². The Morgan fingerprint density at radius 2 is 1.89 bits per heavy atom. The minimum absolute atomic E-state index is 0.0309. The molecular formula is C28H36N8O2. The highest BCUT2D eigenvalue weighted by atomic mass is 16.2. The van der Waals surface area contributed by atoms with Gasteiger partial charge in [0, 0.05) is 49.5 Å². The Morgan fingerprint density at radius 1 is 1.13 bits per heavy atom. The first kappa shape index (κ1) is 25.6. The largest absolute Gasteiger partial charge is 0.372 e. The van der Waals surface area contributed by atoms with Gasteiger partial charge in [-0.1, -0.05) is 0 Å². The summed E-state index contributed by atoms with van der Waals surface area (Å²) in [4.78, 5) is 40.0. The highest BCUT2D eigenvalue weighted by Gasteiger charge is 2.32. The summed E-state index contributed by atoms with van der Waals surface area (Å²) in [5.74, 6) is 0.667. The third kappa shape index (κ3) is 4.78. The van der Waals surface area contributed by atoms with Crippen LogP contribution in [-0.2, 0) is 4.79 Å². The van der Waals surface area contributed by atoms with Gasteiger partial charge in [0.05, 0.1) is 16.7 Å². The van der Waals surface area contributed by atoms with E-state index >= 15 is 0 Å². The van der Waals surface area contributed by atoms with Crippen molar-refractivity contribution in [1.29, 1.82) is 0 Å². The molecule has 0 saturated carbocycles. The van der Waals surface area contributed by atoms with Crippen LogP contribution in [0.15, 0.2) is 41.4 Å². The van der Waals surface area contributed by atoms with Crippen LogP contribution >= 0.6 is 0 Å². The molecule has 10 nitrogen and oxygen atoms in total. The van der Waals surface area contributed by atoms with Crippen molar-refractivity contribution in [2.75, 3.05) is 42.9 Å². The van der Waals surface area contributed by atoms with Crippen LogP contribution in [0.5, 0.6) is 0 Å². The zero-order valence-corrected chi connectivity index (χ0v) is 22.1. The molecule has 1 atom stereocenters. The average Bonchev–Trinajstić information content (AvgIpc) is 3.55. The molecular weight excluding hydrogens is 480 g/mol. The van der Waals surface area contributed by atoms with E-state index in [1.165, 1.54) is 0 Å². The third-order valence-corrected chi connectivity index (χ3v) is 7.50. The molecule has 1 unspecified atom stereocenters. The Morgan fingerprint density at radius 3 is 2.61 bits per heavy atom. The molecule has 5 rings (SSSR count). The predicted octanol–water partition coefficient (Wildman–Crippen LogP) is 3.33. The van der Waals surface area contributed by atoms with Gasteiger partial charge in [0.1, 0.15) is 11.9 Å². The Hall–Kier alpha value is -4.08. The highest BCUT2D eigenvalue weighted by molar-refractivity contribution is 6.03. The van der Waals surface area contributed by atoms with Crippen LogP contribution in [0.2, 0.25) is 0 Å². The van der Waals surface area contributed by atoms with Gasteiger partial charge >= 0.3 is 0 Å². The van der Waals surface area contributed by atoms with Crippen molar-refractivity contribution in [3.63, 3.8) is 0 Å². The normalized spacial score (nSPS) is 16.5. The SMILES string of the molecule is CCN(CC)c1ccc2c(c1)-c1nc3cc(C(=O)N4CCCC4)ccc3n1C(CCCN=C(N)N)C(=O)N2. The predicted molar refractivity (Wildman–Crippen MR) is 151 cm³/mol. The maximum atomic E-state index is 13.6. The molecule has 2 amide bonds. The fraction of sp³-hybridized carbons (Fsp3) is 0.429. The standard InChI is InChI=1S/C28H36N8O2/c1-3-34(4-2)19-10-11-21-20(17-19)25-32-22-16-18(27(38)35-14-5-6-15-35)9-12-23(22)36(25)24(26(37)33-21)8-7-13-31-28(29)30/h9-12,16-17,24H,3-8,13-15H2,1-2H3,(H,33,37)(H4,29,30,31). The van der Waals surface area contributed by atoms with Gasteiger partial charge in [-0.2, -0.15) is 0 Å². The lowest BCUT2D eigenvalue weighted by atomic mass is 10.1. The minimum Gasteiger partial charge on any atom is -0.372 e. The van der Waals surface area contributed by atoms with E-state index < -0.39 is 6.04 Å². The van der Waals surface area contributed by atoms with Gasteiger partial charge in [-0.25, -0.2) is 4.98 Å². The number of anilines is 2. The summed E-state index contributed by atoms with van der Waals surface area (Å²) in [6.07, 6.45) is 3.23. The number of nitrogens with two attached hydrogens (primary N) is 2. The van der Waals surface area contributed by atoms with Crippen LogP contribution in [0.4, 0.5) is 11.4 Å². The Kier molecular flexibility index (Phi) is 7.22. The summed E-state index contributed by atoms with van der Waals surface area (Å²) in [5.41, 5.74) is 15.8. The second kappa shape index (κ2) is 10.7. The molecule has 3 aromatic rings. The van der Waals surface area contributed by atoms with Crippen molar-refractivity contribution in [3.8, 4) is 11.4 Å².